The second-order valence-electron chi connectivity index (χ2n) is 8.35. The number of fused-ring (bicyclic) bond motifs is 2. The third-order valence-corrected chi connectivity index (χ3v) is 7.59. The van der Waals surface area contributed by atoms with Crippen LogP contribution in [-0.4, -0.2) is 62.2 Å². The third-order valence-electron chi connectivity index (χ3n) is 6.05. The van der Waals surface area contributed by atoms with E-state index in [9.17, 15) is 18.0 Å². The first-order chi connectivity index (χ1) is 15.7. The Morgan fingerprint density at radius 1 is 1.21 bits per heavy atom. The first kappa shape index (κ1) is 23.1. The molecule has 1 fully saturated rings. The number of benzene rings is 2. The Morgan fingerprint density at radius 2 is 1.97 bits per heavy atom. The number of anilines is 1. The number of carboxylic acids is 1. The summed E-state index contributed by atoms with van der Waals surface area (Å²) in [7, 11) is -2.17. The van der Waals surface area contributed by atoms with E-state index in [2.05, 4.69) is 4.72 Å². The Bertz CT molecular complexity index is 1180. The number of aryl methyl sites for hydroxylation is 1. The lowest BCUT2D eigenvalue weighted by Gasteiger charge is -2.42. The van der Waals surface area contributed by atoms with Gasteiger partial charge in [-0.15, -0.1) is 0 Å². The molecule has 2 aromatic carbocycles. The van der Waals surface area contributed by atoms with Gasteiger partial charge >= 0.3 is 5.97 Å². The molecule has 2 N–H and O–H groups in total. The van der Waals surface area contributed by atoms with Crippen LogP contribution in [-0.2, 0) is 19.6 Å². The third kappa shape index (κ3) is 4.81. The van der Waals surface area contributed by atoms with Gasteiger partial charge in [-0.1, -0.05) is 18.2 Å². The van der Waals surface area contributed by atoms with Crippen LogP contribution in [0.4, 0.5) is 5.69 Å². The van der Waals surface area contributed by atoms with Gasteiger partial charge in [0.05, 0.1) is 29.0 Å². The van der Waals surface area contributed by atoms with Gasteiger partial charge in [-0.3, -0.25) is 14.3 Å². The van der Waals surface area contributed by atoms with Crippen molar-refractivity contribution in [3.8, 4) is 5.75 Å². The Kier molecular flexibility index (Phi) is 6.31. The van der Waals surface area contributed by atoms with Crippen LogP contribution in [0.3, 0.4) is 0 Å². The second kappa shape index (κ2) is 9.03. The molecule has 0 saturated carbocycles. The lowest BCUT2D eigenvalue weighted by atomic mass is 9.95. The van der Waals surface area contributed by atoms with Crippen LogP contribution in [0.15, 0.2) is 47.4 Å². The summed E-state index contributed by atoms with van der Waals surface area (Å²) in [6.45, 7) is 1.87. The Hall–Kier alpha value is -3.11. The summed E-state index contributed by atoms with van der Waals surface area (Å²) in [5, 5.41) is 9.06. The molecule has 176 valence electrons. The topological polar surface area (TPSA) is 122 Å². The van der Waals surface area contributed by atoms with E-state index in [0.717, 1.165) is 0 Å². The number of nitrogens with zero attached hydrogens (tertiary/aromatic N) is 1. The van der Waals surface area contributed by atoms with Crippen molar-refractivity contribution in [1.82, 2.24) is 4.90 Å². The number of rotatable bonds is 5. The summed E-state index contributed by atoms with van der Waals surface area (Å²) in [4.78, 5) is 26.0. The van der Waals surface area contributed by atoms with Gasteiger partial charge in [0.1, 0.15) is 18.5 Å². The fourth-order valence-corrected chi connectivity index (χ4v) is 5.65. The van der Waals surface area contributed by atoms with Crippen LogP contribution in [0.1, 0.15) is 35.2 Å². The number of carbonyl (C=O) groups excluding carboxylic acids is 1. The zero-order valence-corrected chi connectivity index (χ0v) is 19.2. The zero-order chi connectivity index (χ0) is 23.8. The molecule has 2 aliphatic rings. The molecule has 2 aliphatic heterocycles. The van der Waals surface area contributed by atoms with Crippen molar-refractivity contribution in [3.05, 3.63) is 53.6 Å². The lowest BCUT2D eigenvalue weighted by molar-refractivity contribution is -0.148. The van der Waals surface area contributed by atoms with Gasteiger partial charge in [0.2, 0.25) is 0 Å². The van der Waals surface area contributed by atoms with E-state index < -0.39 is 28.2 Å². The van der Waals surface area contributed by atoms with Crippen LogP contribution in [0, 0.1) is 6.92 Å². The molecule has 2 aromatic rings. The Balaban J connectivity index is 1.58. The van der Waals surface area contributed by atoms with Crippen LogP contribution >= 0.6 is 0 Å². The minimum Gasteiger partial charge on any atom is -0.490 e. The number of ether oxygens (including phenoxy) is 2. The molecule has 0 bridgehead atoms. The SMILES string of the molecule is Cc1ccccc1S(=O)(=O)Nc1ccc2c(c1)C(=O)N(C)[C@@H]1CC[C@@H](CC(=O)O)O[C@H]1CO2. The average molecular weight is 475 g/mol. The maximum atomic E-state index is 13.3. The van der Waals surface area contributed by atoms with Crippen LogP contribution < -0.4 is 9.46 Å². The normalized spacial score (nSPS) is 22.9. The summed E-state index contributed by atoms with van der Waals surface area (Å²) in [5.41, 5.74) is 1.11. The number of sulfonamides is 1. The summed E-state index contributed by atoms with van der Waals surface area (Å²) in [6, 6.07) is 10.9. The number of amides is 1. The Morgan fingerprint density at radius 3 is 2.70 bits per heavy atom. The van der Waals surface area contributed by atoms with Crippen molar-refractivity contribution < 1.29 is 32.6 Å². The van der Waals surface area contributed by atoms with Gasteiger partial charge in [0.15, 0.2) is 0 Å². The van der Waals surface area contributed by atoms with E-state index >= 15 is 0 Å². The minimum atomic E-state index is -3.84. The maximum absolute atomic E-state index is 13.3. The largest absolute Gasteiger partial charge is 0.490 e. The number of aliphatic carboxylic acids is 1. The van der Waals surface area contributed by atoms with Gasteiger partial charge in [-0.25, -0.2) is 8.42 Å². The number of nitrogens with one attached hydrogen (secondary N) is 1. The highest BCUT2D eigenvalue weighted by molar-refractivity contribution is 7.92. The van der Waals surface area contributed by atoms with Gasteiger partial charge in [-0.05, 0) is 49.6 Å². The van der Waals surface area contributed by atoms with Gasteiger partial charge in [-0.2, -0.15) is 0 Å². The number of hydrogen-bond donors (Lipinski definition) is 2. The van der Waals surface area contributed by atoms with Crippen molar-refractivity contribution in [3.63, 3.8) is 0 Å². The van der Waals surface area contributed by atoms with E-state index in [0.29, 0.717) is 24.2 Å². The molecule has 0 spiro atoms. The highest BCUT2D eigenvalue weighted by Gasteiger charge is 2.39. The average Bonchev–Trinajstić information content (AvgIpc) is 2.76. The van der Waals surface area contributed by atoms with Gasteiger partial charge in [0, 0.05) is 12.7 Å². The molecular weight excluding hydrogens is 448 g/mol. The monoisotopic (exact) mass is 474 g/mol. The molecule has 2 heterocycles. The summed E-state index contributed by atoms with van der Waals surface area (Å²) >= 11 is 0. The summed E-state index contributed by atoms with van der Waals surface area (Å²) in [5.74, 6) is -0.939. The zero-order valence-electron chi connectivity index (χ0n) is 18.4. The predicted octanol–water partition coefficient (Wildman–Crippen LogP) is 2.65. The standard InChI is InChI=1S/C23H26N2O7S/c1-14-5-3-4-6-21(14)33(29,30)24-15-7-10-19-17(11-15)23(28)25(2)18-9-8-16(12-22(26)27)32-20(18)13-31-19/h3-7,10-11,16,18,20,24H,8-9,12-13H2,1-2H3,(H,26,27)/t16-,18+,20-/m0/s1. The molecule has 1 saturated heterocycles. The fourth-order valence-electron chi connectivity index (χ4n) is 4.35. The van der Waals surface area contributed by atoms with Crippen molar-refractivity contribution >= 4 is 27.6 Å². The molecule has 10 heteroatoms. The quantitative estimate of drug-likeness (QED) is 0.683. The molecule has 3 atom stereocenters. The van der Waals surface area contributed by atoms with E-state index in [-0.39, 0.29) is 41.1 Å². The smallest absolute Gasteiger partial charge is 0.305 e. The van der Waals surface area contributed by atoms with Gasteiger partial charge < -0.3 is 19.5 Å². The summed E-state index contributed by atoms with van der Waals surface area (Å²) < 4.78 is 40.0. The first-order valence-corrected chi connectivity index (χ1v) is 12.1. The lowest BCUT2D eigenvalue weighted by Crippen LogP contribution is -2.53. The van der Waals surface area contributed by atoms with Crippen molar-refractivity contribution in [2.75, 3.05) is 18.4 Å². The molecule has 0 aliphatic carbocycles. The van der Waals surface area contributed by atoms with Gasteiger partial charge in [0.25, 0.3) is 15.9 Å². The summed E-state index contributed by atoms with van der Waals surface area (Å²) in [6.07, 6.45) is 0.136. The molecule has 1 amide bonds. The molecule has 0 radical (unpaired) electrons. The van der Waals surface area contributed by atoms with Crippen molar-refractivity contribution in [1.29, 1.82) is 0 Å². The molecule has 4 rings (SSSR count). The van der Waals surface area contributed by atoms with Crippen LogP contribution in [0.25, 0.3) is 0 Å². The number of carboxylic acid groups (broad SMARTS) is 1. The van der Waals surface area contributed by atoms with Crippen molar-refractivity contribution in [2.45, 2.75) is 49.3 Å². The van der Waals surface area contributed by atoms with Crippen molar-refractivity contribution in [2.24, 2.45) is 0 Å². The highest BCUT2D eigenvalue weighted by atomic mass is 32.2. The fraction of sp³-hybridized carbons (Fsp3) is 0.391. The maximum Gasteiger partial charge on any atom is 0.305 e. The molecule has 33 heavy (non-hydrogen) atoms. The number of likely N-dealkylation sites (N-methyl/N-ethyl adjacent to an activating group) is 1. The predicted molar refractivity (Wildman–Crippen MR) is 120 cm³/mol. The van der Waals surface area contributed by atoms with Crippen LogP contribution in [0.2, 0.25) is 0 Å². The molecule has 0 aromatic heterocycles. The highest BCUT2D eigenvalue weighted by Crippen LogP contribution is 2.33. The van der Waals surface area contributed by atoms with E-state index in [1.807, 2.05) is 0 Å². The van der Waals surface area contributed by atoms with Crippen LogP contribution in [0.5, 0.6) is 5.75 Å². The molecule has 9 nitrogen and oxygen atoms in total. The molecular formula is C23H26N2O7S. The molecule has 0 unspecified atom stereocenters. The number of hydrogen-bond acceptors (Lipinski definition) is 6. The second-order valence-corrected chi connectivity index (χ2v) is 10.00. The number of carbonyl (C=O) groups is 2. The van der Waals surface area contributed by atoms with E-state index in [1.54, 1.807) is 43.1 Å². The van der Waals surface area contributed by atoms with E-state index in [1.165, 1.54) is 18.2 Å². The minimum absolute atomic E-state index is 0.0954. The first-order valence-electron chi connectivity index (χ1n) is 10.7. The van der Waals surface area contributed by atoms with E-state index in [4.69, 9.17) is 14.6 Å². The Labute approximate surface area is 192 Å².